The lowest BCUT2D eigenvalue weighted by molar-refractivity contribution is -0.119. The van der Waals surface area contributed by atoms with Crippen LogP contribution in [0.3, 0.4) is 0 Å². The second-order valence-corrected chi connectivity index (χ2v) is 4.87. The maximum absolute atomic E-state index is 11.4. The van der Waals surface area contributed by atoms with Gasteiger partial charge < -0.3 is 0 Å². The number of carbonyl (C=O) groups is 1. The number of hydrogen-bond donors (Lipinski definition) is 0. The van der Waals surface area contributed by atoms with Gasteiger partial charge in [0.2, 0.25) is 0 Å². The Morgan fingerprint density at radius 2 is 1.06 bits per heavy atom. The molecule has 0 aliphatic heterocycles. The van der Waals surface area contributed by atoms with Crippen molar-refractivity contribution in [1.82, 2.24) is 0 Å². The molecule has 16 heavy (non-hydrogen) atoms. The summed E-state index contributed by atoms with van der Waals surface area (Å²) in [4.78, 5) is 11.4. The van der Waals surface area contributed by atoms with E-state index in [1.165, 1.54) is 44.9 Å². The van der Waals surface area contributed by atoms with Crippen molar-refractivity contribution in [3.8, 4) is 0 Å². The van der Waals surface area contributed by atoms with Crippen LogP contribution in [0.4, 0.5) is 0 Å². The van der Waals surface area contributed by atoms with Crippen molar-refractivity contribution in [2.45, 2.75) is 90.9 Å². The van der Waals surface area contributed by atoms with Gasteiger partial charge in [-0.1, -0.05) is 65.2 Å². The Hall–Kier alpha value is -0.330. The molecule has 0 saturated heterocycles. The maximum Gasteiger partial charge on any atom is 0.132 e. The van der Waals surface area contributed by atoms with Crippen molar-refractivity contribution >= 4 is 5.78 Å². The molecule has 0 amide bonds. The van der Waals surface area contributed by atoms with Gasteiger partial charge >= 0.3 is 0 Å². The highest BCUT2D eigenvalue weighted by atomic mass is 16.1. The van der Waals surface area contributed by atoms with Crippen molar-refractivity contribution < 1.29 is 4.79 Å². The zero-order valence-electron chi connectivity index (χ0n) is 11.4. The molecule has 0 fully saturated rings. The van der Waals surface area contributed by atoms with Gasteiger partial charge in [-0.05, 0) is 12.8 Å². The maximum atomic E-state index is 11.4. The van der Waals surface area contributed by atoms with Gasteiger partial charge in [-0.3, -0.25) is 4.79 Å². The molecule has 0 rings (SSSR count). The normalized spacial score (nSPS) is 10.6. The summed E-state index contributed by atoms with van der Waals surface area (Å²) in [5.41, 5.74) is 0. The molecular weight excluding hydrogens is 196 g/mol. The van der Waals surface area contributed by atoms with Crippen LogP contribution in [0, 0.1) is 0 Å². The molecule has 0 aromatic carbocycles. The average Bonchev–Trinajstić information content (AvgIpc) is 2.30. The monoisotopic (exact) mass is 226 g/mol. The number of carbonyl (C=O) groups excluding carboxylic acids is 1. The van der Waals surface area contributed by atoms with Crippen LogP contribution < -0.4 is 0 Å². The van der Waals surface area contributed by atoms with E-state index in [0.717, 1.165) is 32.1 Å². The summed E-state index contributed by atoms with van der Waals surface area (Å²) in [5.74, 6) is 0.479. The quantitative estimate of drug-likeness (QED) is 0.414. The van der Waals surface area contributed by atoms with Gasteiger partial charge in [0.15, 0.2) is 0 Å². The smallest absolute Gasteiger partial charge is 0.132 e. The van der Waals surface area contributed by atoms with E-state index < -0.39 is 0 Å². The first-order valence-corrected chi connectivity index (χ1v) is 7.33. The van der Waals surface area contributed by atoms with E-state index in [-0.39, 0.29) is 0 Å². The zero-order valence-corrected chi connectivity index (χ0v) is 11.4. The molecule has 0 radical (unpaired) electrons. The Morgan fingerprint density at radius 3 is 1.62 bits per heavy atom. The van der Waals surface area contributed by atoms with Crippen LogP contribution in [-0.2, 0) is 4.79 Å². The summed E-state index contributed by atoms with van der Waals surface area (Å²) in [6.45, 7) is 4.39. The van der Waals surface area contributed by atoms with Gasteiger partial charge in [0, 0.05) is 12.8 Å². The molecule has 0 unspecified atom stereocenters. The predicted octanol–water partition coefficient (Wildman–Crippen LogP) is 5.28. The number of hydrogen-bond acceptors (Lipinski definition) is 1. The van der Waals surface area contributed by atoms with Gasteiger partial charge in [0.25, 0.3) is 0 Å². The topological polar surface area (TPSA) is 17.1 Å². The number of rotatable bonds is 12. The Balaban J connectivity index is 3.05. The fraction of sp³-hybridized carbons (Fsp3) is 0.933. The molecule has 1 nitrogen and oxygen atoms in total. The summed E-state index contributed by atoms with van der Waals surface area (Å²) in [6, 6.07) is 0. The van der Waals surface area contributed by atoms with Crippen LogP contribution in [0.5, 0.6) is 0 Å². The van der Waals surface area contributed by atoms with E-state index in [1.54, 1.807) is 0 Å². The molecule has 0 aliphatic carbocycles. The SMILES string of the molecule is CCCCCCCCCCC(=O)CCCC. The van der Waals surface area contributed by atoms with Crippen LogP contribution in [0.1, 0.15) is 90.9 Å². The Kier molecular flexibility index (Phi) is 12.5. The molecule has 96 valence electrons. The van der Waals surface area contributed by atoms with Gasteiger partial charge in [0.05, 0.1) is 0 Å². The summed E-state index contributed by atoms with van der Waals surface area (Å²) >= 11 is 0. The van der Waals surface area contributed by atoms with E-state index in [9.17, 15) is 4.79 Å². The largest absolute Gasteiger partial charge is 0.300 e. The Bertz CT molecular complexity index is 152. The molecule has 0 heterocycles. The molecule has 0 atom stereocenters. The minimum absolute atomic E-state index is 0.479. The van der Waals surface area contributed by atoms with E-state index in [1.807, 2.05) is 0 Å². The fourth-order valence-corrected chi connectivity index (χ4v) is 1.95. The first-order chi connectivity index (χ1) is 7.81. The van der Waals surface area contributed by atoms with Gasteiger partial charge in [-0.2, -0.15) is 0 Å². The predicted molar refractivity (Wildman–Crippen MR) is 71.8 cm³/mol. The first-order valence-electron chi connectivity index (χ1n) is 7.33. The fourth-order valence-electron chi connectivity index (χ4n) is 1.95. The minimum Gasteiger partial charge on any atom is -0.300 e. The van der Waals surface area contributed by atoms with Crippen molar-refractivity contribution in [3.63, 3.8) is 0 Å². The second-order valence-electron chi connectivity index (χ2n) is 4.87. The Morgan fingerprint density at radius 1 is 0.625 bits per heavy atom. The highest BCUT2D eigenvalue weighted by Crippen LogP contribution is 2.10. The van der Waals surface area contributed by atoms with E-state index in [0.29, 0.717) is 5.78 Å². The van der Waals surface area contributed by atoms with Gasteiger partial charge in [-0.15, -0.1) is 0 Å². The van der Waals surface area contributed by atoms with Crippen LogP contribution in [0.15, 0.2) is 0 Å². The van der Waals surface area contributed by atoms with E-state index in [2.05, 4.69) is 13.8 Å². The van der Waals surface area contributed by atoms with Crippen LogP contribution >= 0.6 is 0 Å². The number of unbranched alkanes of at least 4 members (excludes halogenated alkanes) is 8. The lowest BCUT2D eigenvalue weighted by atomic mass is 10.0. The van der Waals surface area contributed by atoms with Crippen molar-refractivity contribution in [2.24, 2.45) is 0 Å². The molecular formula is C15H30O. The Labute approximate surface area is 102 Å². The van der Waals surface area contributed by atoms with Crippen molar-refractivity contribution in [1.29, 1.82) is 0 Å². The molecule has 0 aliphatic rings. The van der Waals surface area contributed by atoms with E-state index >= 15 is 0 Å². The van der Waals surface area contributed by atoms with Crippen LogP contribution in [0.2, 0.25) is 0 Å². The summed E-state index contributed by atoms with van der Waals surface area (Å²) in [5, 5.41) is 0. The molecule has 1 heteroatoms. The van der Waals surface area contributed by atoms with Crippen molar-refractivity contribution in [2.75, 3.05) is 0 Å². The molecule has 0 spiro atoms. The van der Waals surface area contributed by atoms with Gasteiger partial charge in [-0.25, -0.2) is 0 Å². The lowest BCUT2D eigenvalue weighted by Gasteiger charge is -2.01. The third kappa shape index (κ3) is 11.7. The molecule has 0 N–H and O–H groups in total. The summed E-state index contributed by atoms with van der Waals surface area (Å²) in [6.07, 6.45) is 14.4. The van der Waals surface area contributed by atoms with Crippen molar-refractivity contribution in [3.05, 3.63) is 0 Å². The molecule has 0 aromatic rings. The summed E-state index contributed by atoms with van der Waals surface area (Å²) in [7, 11) is 0. The van der Waals surface area contributed by atoms with Crippen LogP contribution in [-0.4, -0.2) is 5.78 Å². The minimum atomic E-state index is 0.479. The number of Topliss-reactive ketones (excluding diaryl/α,β-unsaturated/α-hetero) is 1. The highest BCUT2D eigenvalue weighted by molar-refractivity contribution is 5.78. The molecule has 0 aromatic heterocycles. The third-order valence-corrected chi connectivity index (χ3v) is 3.12. The third-order valence-electron chi connectivity index (χ3n) is 3.12. The zero-order chi connectivity index (χ0) is 12.1. The number of ketones is 1. The van der Waals surface area contributed by atoms with E-state index in [4.69, 9.17) is 0 Å². The first kappa shape index (κ1) is 15.7. The second kappa shape index (κ2) is 12.7. The van der Waals surface area contributed by atoms with Crippen LogP contribution in [0.25, 0.3) is 0 Å². The van der Waals surface area contributed by atoms with Gasteiger partial charge in [0.1, 0.15) is 5.78 Å². The standard InChI is InChI=1S/C15H30O/c1-3-5-7-8-9-10-11-12-14-15(16)13-6-4-2/h3-14H2,1-2H3. The molecule has 0 bridgehead atoms. The summed E-state index contributed by atoms with van der Waals surface area (Å²) < 4.78 is 0. The average molecular weight is 226 g/mol. The highest BCUT2D eigenvalue weighted by Gasteiger charge is 2.00. The molecule has 0 saturated carbocycles. The lowest BCUT2D eigenvalue weighted by Crippen LogP contribution is -1.96.